The van der Waals surface area contributed by atoms with Crippen molar-refractivity contribution in [2.45, 2.75) is 25.8 Å². The molecule has 1 aromatic heterocycles. The van der Waals surface area contributed by atoms with Crippen LogP contribution in [0.1, 0.15) is 29.0 Å². The second-order valence-corrected chi connectivity index (χ2v) is 5.93. The minimum Gasteiger partial charge on any atom is -0.494 e. The third kappa shape index (κ3) is 2.50. The molecule has 1 aliphatic rings. The first-order valence-corrected chi connectivity index (χ1v) is 7.85. The molecule has 0 unspecified atom stereocenters. The van der Waals surface area contributed by atoms with Crippen molar-refractivity contribution in [2.24, 2.45) is 7.05 Å². The Morgan fingerprint density at radius 2 is 2.08 bits per heavy atom. The fourth-order valence-electron chi connectivity index (χ4n) is 3.17. The Hall–Kier alpha value is -2.57. The number of aromatic nitrogens is 2. The molecule has 0 radical (unpaired) electrons. The van der Waals surface area contributed by atoms with Gasteiger partial charge in [-0.1, -0.05) is 0 Å². The summed E-state index contributed by atoms with van der Waals surface area (Å²) in [5.74, 6) is -0.745. The summed E-state index contributed by atoms with van der Waals surface area (Å²) >= 11 is 0. The number of anilines is 1. The van der Waals surface area contributed by atoms with Gasteiger partial charge in [-0.3, -0.25) is 13.9 Å². The molecular weight excluding hydrogens is 313 g/mol. The third-order valence-corrected chi connectivity index (χ3v) is 4.53. The Balaban J connectivity index is 2.00. The molecule has 0 bridgehead atoms. The Morgan fingerprint density at radius 1 is 1.33 bits per heavy atom. The van der Waals surface area contributed by atoms with Crippen LogP contribution in [0.4, 0.5) is 10.1 Å². The number of hydrogen-bond donors (Lipinski definition) is 0. The second-order valence-electron chi connectivity index (χ2n) is 5.93. The minimum absolute atomic E-state index is 0.119. The third-order valence-electron chi connectivity index (χ3n) is 4.53. The van der Waals surface area contributed by atoms with Gasteiger partial charge in [-0.15, -0.1) is 0 Å². The van der Waals surface area contributed by atoms with Crippen molar-refractivity contribution in [1.82, 2.24) is 9.13 Å². The number of imidazole rings is 1. The lowest BCUT2D eigenvalue weighted by Gasteiger charge is -2.20. The van der Waals surface area contributed by atoms with Crippen LogP contribution in [-0.4, -0.2) is 29.2 Å². The lowest BCUT2D eigenvalue weighted by atomic mass is 10.1. The summed E-state index contributed by atoms with van der Waals surface area (Å²) in [4.78, 5) is 26.6. The molecule has 1 aliphatic heterocycles. The highest BCUT2D eigenvalue weighted by Crippen LogP contribution is 2.25. The van der Waals surface area contributed by atoms with E-state index in [1.807, 2.05) is 0 Å². The van der Waals surface area contributed by atoms with Crippen LogP contribution in [-0.2, 0) is 20.0 Å². The maximum absolute atomic E-state index is 13.9. The van der Waals surface area contributed by atoms with Crippen LogP contribution >= 0.6 is 0 Å². The smallest absolute Gasteiger partial charge is 0.328 e. The van der Waals surface area contributed by atoms with Crippen LogP contribution in [0.5, 0.6) is 5.75 Å². The zero-order valence-electron chi connectivity index (χ0n) is 14.0. The van der Waals surface area contributed by atoms with Crippen molar-refractivity contribution < 1.29 is 13.9 Å². The molecular formula is C17H20FN3O3. The molecule has 0 saturated heterocycles. The van der Waals surface area contributed by atoms with Crippen molar-refractivity contribution in [3.63, 3.8) is 0 Å². The van der Waals surface area contributed by atoms with Crippen LogP contribution in [0.3, 0.4) is 0 Å². The number of fused-ring (bicyclic) bond motifs is 1. The molecule has 0 aliphatic carbocycles. The van der Waals surface area contributed by atoms with Gasteiger partial charge in [0.2, 0.25) is 0 Å². The van der Waals surface area contributed by atoms with Gasteiger partial charge in [0.1, 0.15) is 5.69 Å². The average molecular weight is 333 g/mol. The van der Waals surface area contributed by atoms with Crippen molar-refractivity contribution in [1.29, 1.82) is 0 Å². The van der Waals surface area contributed by atoms with E-state index in [2.05, 4.69) is 0 Å². The van der Waals surface area contributed by atoms with Gasteiger partial charge in [0.25, 0.3) is 5.91 Å². The van der Waals surface area contributed by atoms with Crippen molar-refractivity contribution in [2.75, 3.05) is 19.1 Å². The van der Waals surface area contributed by atoms with E-state index in [1.165, 1.54) is 28.7 Å². The Bertz CT molecular complexity index is 853. The maximum Gasteiger partial charge on any atom is 0.328 e. The molecule has 6 nitrogen and oxygen atoms in total. The standard InChI is InChI=1S/C17H20FN3O3/c1-19(11-7-8-14(24-3)12(18)10-11)16(22)15-13-6-4-5-9-21(13)17(23)20(15)2/h7-8,10H,4-6,9H2,1-3H3. The molecule has 2 aromatic rings. The molecule has 1 aromatic carbocycles. The second kappa shape index (κ2) is 6.14. The molecule has 0 spiro atoms. The van der Waals surface area contributed by atoms with Crippen LogP contribution in [0, 0.1) is 5.82 Å². The number of rotatable bonds is 3. The highest BCUT2D eigenvalue weighted by atomic mass is 19.1. The molecule has 128 valence electrons. The lowest BCUT2D eigenvalue weighted by Crippen LogP contribution is -2.30. The highest BCUT2D eigenvalue weighted by Gasteiger charge is 2.27. The maximum atomic E-state index is 13.9. The van der Waals surface area contributed by atoms with E-state index >= 15 is 0 Å². The van der Waals surface area contributed by atoms with E-state index in [9.17, 15) is 14.0 Å². The normalized spacial score (nSPS) is 13.5. The monoisotopic (exact) mass is 333 g/mol. The number of hydrogen-bond acceptors (Lipinski definition) is 3. The molecule has 7 heteroatoms. The minimum atomic E-state index is -0.539. The zero-order chi connectivity index (χ0) is 17.4. The van der Waals surface area contributed by atoms with Gasteiger partial charge >= 0.3 is 5.69 Å². The van der Waals surface area contributed by atoms with Crippen molar-refractivity contribution >= 4 is 11.6 Å². The predicted molar refractivity (Wildman–Crippen MR) is 88.3 cm³/mol. The van der Waals surface area contributed by atoms with E-state index in [0.29, 0.717) is 24.3 Å². The van der Waals surface area contributed by atoms with E-state index in [4.69, 9.17) is 4.74 Å². The summed E-state index contributed by atoms with van der Waals surface area (Å²) < 4.78 is 21.9. The van der Waals surface area contributed by atoms with Gasteiger partial charge in [0, 0.05) is 32.4 Å². The Labute approximate surface area is 139 Å². The fraction of sp³-hybridized carbons (Fsp3) is 0.412. The number of methoxy groups -OCH3 is 1. The van der Waals surface area contributed by atoms with E-state index in [0.717, 1.165) is 18.5 Å². The molecule has 24 heavy (non-hydrogen) atoms. The largest absolute Gasteiger partial charge is 0.494 e. The predicted octanol–water partition coefficient (Wildman–Crippen LogP) is 1.95. The SMILES string of the molecule is COc1ccc(N(C)C(=O)c2c3n(c(=O)n2C)CCCC3)cc1F. The van der Waals surface area contributed by atoms with Gasteiger partial charge < -0.3 is 9.64 Å². The van der Waals surface area contributed by atoms with Crippen molar-refractivity contribution in [3.8, 4) is 5.75 Å². The van der Waals surface area contributed by atoms with E-state index in [1.54, 1.807) is 24.7 Å². The van der Waals surface area contributed by atoms with E-state index < -0.39 is 5.82 Å². The highest BCUT2D eigenvalue weighted by molar-refractivity contribution is 6.05. The number of amides is 1. The quantitative estimate of drug-likeness (QED) is 0.863. The summed E-state index contributed by atoms with van der Waals surface area (Å²) in [5.41, 5.74) is 1.36. The number of nitrogens with zero attached hydrogens (tertiary/aromatic N) is 3. The lowest BCUT2D eigenvalue weighted by molar-refractivity contribution is 0.0983. The summed E-state index contributed by atoms with van der Waals surface area (Å²) in [6.45, 7) is 0.635. The van der Waals surface area contributed by atoms with Gasteiger partial charge in [0.15, 0.2) is 11.6 Å². The first kappa shape index (κ1) is 16.3. The summed E-state index contributed by atoms with van der Waals surface area (Å²) in [6, 6.07) is 4.33. The zero-order valence-corrected chi connectivity index (χ0v) is 14.0. The topological polar surface area (TPSA) is 56.5 Å². The van der Waals surface area contributed by atoms with Crippen LogP contribution in [0.15, 0.2) is 23.0 Å². The molecule has 3 rings (SSSR count). The first-order chi connectivity index (χ1) is 11.5. The van der Waals surface area contributed by atoms with Gasteiger partial charge in [-0.05, 0) is 31.4 Å². The van der Waals surface area contributed by atoms with Gasteiger partial charge in [-0.25, -0.2) is 9.18 Å². The van der Waals surface area contributed by atoms with Gasteiger partial charge in [0.05, 0.1) is 12.8 Å². The molecule has 0 fully saturated rings. The van der Waals surface area contributed by atoms with Crippen LogP contribution in [0.2, 0.25) is 0 Å². The summed E-state index contributed by atoms with van der Waals surface area (Å²) in [6.07, 6.45) is 2.58. The number of carbonyl (C=O) groups is 1. The summed E-state index contributed by atoms with van der Waals surface area (Å²) in [7, 11) is 4.56. The molecule has 0 atom stereocenters. The Morgan fingerprint density at radius 3 is 2.75 bits per heavy atom. The van der Waals surface area contributed by atoms with Crippen LogP contribution in [0.25, 0.3) is 0 Å². The van der Waals surface area contributed by atoms with Gasteiger partial charge in [-0.2, -0.15) is 0 Å². The summed E-state index contributed by atoms with van der Waals surface area (Å²) in [5, 5.41) is 0. The first-order valence-electron chi connectivity index (χ1n) is 7.85. The molecule has 0 saturated carbocycles. The number of ether oxygens (including phenoxy) is 1. The molecule has 0 N–H and O–H groups in total. The fourth-order valence-corrected chi connectivity index (χ4v) is 3.17. The average Bonchev–Trinajstić information content (AvgIpc) is 2.85. The molecule has 2 heterocycles. The number of benzene rings is 1. The van der Waals surface area contributed by atoms with Crippen LogP contribution < -0.4 is 15.3 Å². The van der Waals surface area contributed by atoms with Crippen molar-refractivity contribution in [3.05, 3.63) is 45.9 Å². The van der Waals surface area contributed by atoms with E-state index in [-0.39, 0.29) is 17.3 Å². The number of halogens is 1. The number of carbonyl (C=O) groups excluding carboxylic acids is 1. The Kier molecular flexibility index (Phi) is 4.17. The molecule has 1 amide bonds.